The van der Waals surface area contributed by atoms with E-state index in [0.717, 1.165) is 44.6 Å². The van der Waals surface area contributed by atoms with Gasteiger partial charge in [-0.25, -0.2) is 0 Å². The number of carbonyl (C=O) groups excluding carboxylic acids is 1. The van der Waals surface area contributed by atoms with Crippen molar-refractivity contribution in [2.24, 2.45) is 0 Å². The lowest BCUT2D eigenvalue weighted by molar-refractivity contribution is 0.0927. The molecule has 1 aliphatic rings. The summed E-state index contributed by atoms with van der Waals surface area (Å²) in [4.78, 5) is 15.2. The second-order valence-electron chi connectivity index (χ2n) is 7.52. The molecule has 26 heavy (non-hydrogen) atoms. The molecule has 3 rings (SSSR count). The topological polar surface area (TPSA) is 50.2 Å². The van der Waals surface area contributed by atoms with Crippen LogP contribution >= 0.6 is 0 Å². The van der Waals surface area contributed by atoms with Crippen molar-refractivity contribution in [1.82, 2.24) is 20.0 Å². The molecule has 5 nitrogen and oxygen atoms in total. The van der Waals surface area contributed by atoms with Gasteiger partial charge in [-0.3, -0.25) is 9.48 Å². The number of aryl methyl sites for hydroxylation is 2. The van der Waals surface area contributed by atoms with Crippen molar-refractivity contribution in [3.63, 3.8) is 0 Å². The molecular formula is C21H30N4O. The van der Waals surface area contributed by atoms with Gasteiger partial charge in [-0.2, -0.15) is 5.10 Å². The number of amides is 1. The predicted molar refractivity (Wildman–Crippen MR) is 104 cm³/mol. The fraction of sp³-hybridized carbons (Fsp3) is 0.524. The third kappa shape index (κ3) is 3.98. The standard InChI is InChI=1S/C21H30N4O/c1-4-12-25-15-19(17(2)23-25)20(26)22-16-21(10-13-24(3)14-11-21)18-8-6-5-7-9-18/h5-9,15H,4,10-14,16H2,1-3H3,(H,22,26). The molecule has 0 unspecified atom stereocenters. The molecule has 1 aliphatic heterocycles. The normalized spacial score (nSPS) is 17.2. The highest BCUT2D eigenvalue weighted by Crippen LogP contribution is 2.34. The van der Waals surface area contributed by atoms with Crippen molar-refractivity contribution < 1.29 is 4.79 Å². The highest BCUT2D eigenvalue weighted by atomic mass is 16.1. The minimum absolute atomic E-state index is 0.0107. The Labute approximate surface area is 156 Å². The molecule has 1 fully saturated rings. The van der Waals surface area contributed by atoms with Gasteiger partial charge in [0.2, 0.25) is 0 Å². The number of nitrogens with zero attached hydrogens (tertiary/aromatic N) is 3. The molecule has 0 saturated carbocycles. The van der Waals surface area contributed by atoms with Gasteiger partial charge in [0.25, 0.3) is 5.91 Å². The van der Waals surface area contributed by atoms with Crippen LogP contribution in [0.5, 0.6) is 0 Å². The molecule has 0 spiro atoms. The van der Waals surface area contributed by atoms with E-state index >= 15 is 0 Å². The van der Waals surface area contributed by atoms with Gasteiger partial charge in [0.05, 0.1) is 11.3 Å². The molecule has 0 aliphatic carbocycles. The zero-order valence-electron chi connectivity index (χ0n) is 16.2. The Bertz CT molecular complexity index is 730. The number of nitrogens with one attached hydrogen (secondary N) is 1. The van der Waals surface area contributed by atoms with E-state index in [1.807, 2.05) is 17.8 Å². The molecule has 5 heteroatoms. The number of benzene rings is 1. The largest absolute Gasteiger partial charge is 0.351 e. The summed E-state index contributed by atoms with van der Waals surface area (Å²) in [7, 11) is 2.17. The zero-order valence-corrected chi connectivity index (χ0v) is 16.2. The lowest BCUT2D eigenvalue weighted by atomic mass is 9.72. The summed E-state index contributed by atoms with van der Waals surface area (Å²) < 4.78 is 1.87. The van der Waals surface area contributed by atoms with Gasteiger partial charge in [-0.05, 0) is 51.9 Å². The van der Waals surface area contributed by atoms with Crippen molar-refractivity contribution in [3.05, 3.63) is 53.3 Å². The predicted octanol–water partition coefficient (Wildman–Crippen LogP) is 2.99. The molecule has 0 radical (unpaired) electrons. The maximum Gasteiger partial charge on any atom is 0.254 e. The third-order valence-corrected chi connectivity index (χ3v) is 5.56. The van der Waals surface area contributed by atoms with E-state index in [0.29, 0.717) is 12.1 Å². The van der Waals surface area contributed by atoms with Gasteiger partial charge in [0.1, 0.15) is 0 Å². The summed E-state index contributed by atoms with van der Waals surface area (Å²) in [5, 5.41) is 7.66. The molecule has 2 aromatic rings. The lowest BCUT2D eigenvalue weighted by Crippen LogP contribution is -2.48. The first-order valence-electron chi connectivity index (χ1n) is 9.60. The molecule has 0 bridgehead atoms. The van der Waals surface area contributed by atoms with Crippen LogP contribution in [-0.4, -0.2) is 47.3 Å². The number of hydrogen-bond acceptors (Lipinski definition) is 3. The SMILES string of the molecule is CCCn1cc(C(=O)NCC2(c3ccccc3)CCN(C)CC2)c(C)n1. The Morgan fingerprint density at radius 3 is 2.58 bits per heavy atom. The van der Waals surface area contributed by atoms with Crippen LogP contribution in [0, 0.1) is 6.92 Å². The number of carbonyl (C=O) groups is 1. The van der Waals surface area contributed by atoms with Crippen LogP contribution in [0.4, 0.5) is 0 Å². The second-order valence-corrected chi connectivity index (χ2v) is 7.52. The number of piperidine rings is 1. The Balaban J connectivity index is 1.75. The second kappa shape index (κ2) is 8.04. The Morgan fingerprint density at radius 2 is 1.92 bits per heavy atom. The van der Waals surface area contributed by atoms with Crippen molar-refractivity contribution in [2.75, 3.05) is 26.7 Å². The minimum atomic E-state index is -0.0147. The summed E-state index contributed by atoms with van der Waals surface area (Å²) in [6.45, 7) is 7.64. The number of likely N-dealkylation sites (tertiary alicyclic amines) is 1. The molecule has 0 atom stereocenters. The molecule has 1 aromatic carbocycles. The Morgan fingerprint density at radius 1 is 1.23 bits per heavy atom. The Hall–Kier alpha value is -2.14. The molecular weight excluding hydrogens is 324 g/mol. The summed E-state index contributed by atoms with van der Waals surface area (Å²) in [5.41, 5.74) is 2.82. The first-order valence-corrected chi connectivity index (χ1v) is 9.60. The van der Waals surface area contributed by atoms with Crippen LogP contribution in [0.2, 0.25) is 0 Å². The van der Waals surface area contributed by atoms with Crippen molar-refractivity contribution in [2.45, 2.75) is 45.1 Å². The molecule has 1 N–H and O–H groups in total. The van der Waals surface area contributed by atoms with E-state index in [1.165, 1.54) is 5.56 Å². The molecule has 140 valence electrons. The molecule has 2 heterocycles. The fourth-order valence-electron chi connectivity index (χ4n) is 3.83. The summed E-state index contributed by atoms with van der Waals surface area (Å²) >= 11 is 0. The van der Waals surface area contributed by atoms with Gasteiger partial charge < -0.3 is 10.2 Å². The highest BCUT2D eigenvalue weighted by molar-refractivity contribution is 5.95. The lowest BCUT2D eigenvalue weighted by Gasteiger charge is -2.41. The van der Waals surface area contributed by atoms with Crippen LogP contribution in [0.1, 0.15) is 47.8 Å². The summed E-state index contributed by atoms with van der Waals surface area (Å²) in [6, 6.07) is 10.6. The average Bonchev–Trinajstić information content (AvgIpc) is 3.03. The van der Waals surface area contributed by atoms with E-state index < -0.39 is 0 Å². The van der Waals surface area contributed by atoms with Crippen LogP contribution in [0.25, 0.3) is 0 Å². The number of aromatic nitrogens is 2. The molecule has 1 amide bonds. The first-order chi connectivity index (χ1) is 12.5. The quantitative estimate of drug-likeness (QED) is 0.868. The maximum absolute atomic E-state index is 12.8. The van der Waals surface area contributed by atoms with Gasteiger partial charge >= 0.3 is 0 Å². The maximum atomic E-state index is 12.8. The summed E-state index contributed by atoms with van der Waals surface area (Å²) in [6.07, 6.45) is 4.99. The molecule has 1 aromatic heterocycles. The third-order valence-electron chi connectivity index (χ3n) is 5.56. The fourth-order valence-corrected chi connectivity index (χ4v) is 3.83. The van der Waals surface area contributed by atoms with Crippen LogP contribution in [0.15, 0.2) is 36.5 Å². The van der Waals surface area contributed by atoms with Crippen molar-refractivity contribution in [3.8, 4) is 0 Å². The zero-order chi connectivity index (χ0) is 18.6. The van der Waals surface area contributed by atoms with Crippen LogP contribution in [0.3, 0.4) is 0 Å². The monoisotopic (exact) mass is 354 g/mol. The van der Waals surface area contributed by atoms with Gasteiger partial charge in [0, 0.05) is 24.7 Å². The van der Waals surface area contributed by atoms with E-state index in [2.05, 4.69) is 59.6 Å². The van der Waals surface area contributed by atoms with Crippen molar-refractivity contribution >= 4 is 5.91 Å². The van der Waals surface area contributed by atoms with Gasteiger partial charge in [0.15, 0.2) is 0 Å². The van der Waals surface area contributed by atoms with Crippen LogP contribution < -0.4 is 5.32 Å². The van der Waals surface area contributed by atoms with Crippen molar-refractivity contribution in [1.29, 1.82) is 0 Å². The van der Waals surface area contributed by atoms with E-state index in [-0.39, 0.29) is 11.3 Å². The number of hydrogen-bond donors (Lipinski definition) is 1. The smallest absolute Gasteiger partial charge is 0.254 e. The van der Waals surface area contributed by atoms with Crippen LogP contribution in [-0.2, 0) is 12.0 Å². The minimum Gasteiger partial charge on any atom is -0.351 e. The number of rotatable bonds is 6. The summed E-state index contributed by atoms with van der Waals surface area (Å²) in [5.74, 6) is -0.0147. The van der Waals surface area contributed by atoms with E-state index in [4.69, 9.17) is 0 Å². The van der Waals surface area contributed by atoms with Gasteiger partial charge in [-0.1, -0.05) is 37.3 Å². The van der Waals surface area contributed by atoms with Gasteiger partial charge in [-0.15, -0.1) is 0 Å². The average molecular weight is 354 g/mol. The van der Waals surface area contributed by atoms with E-state index in [9.17, 15) is 4.79 Å². The van der Waals surface area contributed by atoms with E-state index in [1.54, 1.807) is 0 Å². The Kier molecular flexibility index (Phi) is 5.77. The highest BCUT2D eigenvalue weighted by Gasteiger charge is 2.35. The molecule has 1 saturated heterocycles. The first kappa shape index (κ1) is 18.6.